The number of carbonyl (C=O) groups is 1. The van der Waals surface area contributed by atoms with Gasteiger partial charge in [-0.3, -0.25) is 0 Å². The number of fused-ring (bicyclic) bond motifs is 6. The molecule has 0 aliphatic heterocycles. The number of phenols is 1. The van der Waals surface area contributed by atoms with Crippen molar-refractivity contribution in [3.63, 3.8) is 0 Å². The molecule has 6 aromatic heterocycles. The predicted molar refractivity (Wildman–Crippen MR) is 485 cm³/mol. The summed E-state index contributed by atoms with van der Waals surface area (Å²) in [6.45, 7) is 15.0. The van der Waals surface area contributed by atoms with Crippen LogP contribution in [-0.4, -0.2) is 119 Å². The Morgan fingerprint density at radius 3 is 1.23 bits per heavy atom. The molecule has 0 aliphatic carbocycles. The van der Waals surface area contributed by atoms with Crippen molar-refractivity contribution >= 4 is 131 Å². The number of aromatic hydroxyl groups is 1. The predicted octanol–water partition coefficient (Wildman–Crippen LogP) is 12.3. The number of nitrogens with zero attached hydrogens (tertiary/aromatic N) is 8. The van der Waals surface area contributed by atoms with Crippen molar-refractivity contribution in [2.24, 2.45) is 4.40 Å². The fourth-order valence-corrected chi connectivity index (χ4v) is 12.6. The number of hydrogen-bond acceptors (Lipinski definition) is 16. The molecule has 6 heterocycles. The number of phenolic OH excluding ortho intramolecular Hbond substituents is 1. The molecule has 626 valence electrons. The largest absolute Gasteiger partial charge is 1.00 e. The molecular formula is C89H111AlBrClLiN11Na2O13S. The molecule has 0 fully saturated rings. The van der Waals surface area contributed by atoms with Gasteiger partial charge in [0.1, 0.15) is 82.6 Å². The maximum atomic E-state index is 10.7. The first-order valence-electron chi connectivity index (χ1n) is 33.9. The van der Waals surface area contributed by atoms with Crippen LogP contribution in [0.3, 0.4) is 0 Å². The number of carboxylic acid groups (broad SMARTS) is 1. The number of benzene rings is 8. The number of nitrogens with one attached hydrogen (secondary N) is 3. The zero-order valence-corrected chi connectivity index (χ0v) is 72.6. The number of isocyanates is 1. The number of aromatic nitrogens is 6. The van der Waals surface area contributed by atoms with Crippen molar-refractivity contribution in [3.05, 3.63) is 238 Å². The Bertz CT molecular complexity index is 5910. The Labute approximate surface area is 790 Å². The number of methoxy groups -OCH3 is 6. The van der Waals surface area contributed by atoms with Gasteiger partial charge in [-0.25, -0.2) is 9.59 Å². The Hall–Kier alpha value is -9.94. The topological polar surface area (TPSA) is 343 Å². The molecule has 5 N–H and O–H groups in total. The number of aromatic amines is 3. The van der Waals surface area contributed by atoms with Crippen LogP contribution in [0.5, 0.6) is 46.0 Å². The van der Waals surface area contributed by atoms with E-state index in [1.54, 1.807) is 85.1 Å². The van der Waals surface area contributed by atoms with Gasteiger partial charge in [-0.2, -0.15) is 29.5 Å². The standard InChI is InChI=1S/C19H18N2O2.C13H13BrN2O.C13H14N2O.C11H10N2O.C10H9NO3.C10H11NO.C6H6O.CClNO3S.6CH4.Al.Li.2Na.6H/c1-3-21-18-11-15(22-2)9-10-16(18)17(12-20)19(21)13-23-14-7-5-4-6-8-14;1-3-16-12-6-9(17-2)4-5-10(12)11(8-15)13(16)7-14;1-4-15-9(2)12(8-14)11-6-5-10(16-3)7-13(11)15;1-7-10(6-12)9-4-3-8(14-2)5-11(9)13-7;1-14-7-3-2-6-4-9(10(12)13)11-8(6)5-7;1-7-5-8-3-4-9(12-2)6-10(8)11-7;7-6-4-2-1-3-5-6;2-7(5,6)3-1-4;;;;;;;;;;;;;;;;/h4-11H,3,13H2,1-2H3;4-6H,3,7H2,1-2H3;5-7H,4H2,1-3H3;3-5,13H,1-2H3;2-5,11H,1H3,(H,12,13);3-6,11H,1-2H3;1-5,7H;;6*1H4;;;;;;;;;;/q;;;;;;;;;;;;;;;3*+1;;;;3*-1. The first-order chi connectivity index (χ1) is 53.0. The molecule has 8 aromatic carbocycles. The van der Waals surface area contributed by atoms with Gasteiger partial charge < -0.3 is 76.3 Å². The maximum Gasteiger partial charge on any atom is 1.00 e. The maximum absolute atomic E-state index is 10.7. The van der Waals surface area contributed by atoms with Crippen LogP contribution in [-0.2, 0) is 45.6 Å². The summed E-state index contributed by atoms with van der Waals surface area (Å²) in [7, 11) is 10.2. The van der Waals surface area contributed by atoms with Crippen molar-refractivity contribution < 1.29 is 144 Å². The van der Waals surface area contributed by atoms with E-state index in [1.807, 2.05) is 148 Å². The van der Waals surface area contributed by atoms with Crippen LogP contribution < -0.4 is 111 Å². The number of rotatable bonds is 15. The summed E-state index contributed by atoms with van der Waals surface area (Å²) in [5.74, 6) is 4.97. The van der Waals surface area contributed by atoms with E-state index in [4.69, 9.17) is 58.7 Å². The molecule has 0 spiro atoms. The molecule has 0 unspecified atom stereocenters. The van der Waals surface area contributed by atoms with Gasteiger partial charge in [0.05, 0.1) is 92.7 Å². The van der Waals surface area contributed by atoms with Crippen LogP contribution in [0.15, 0.2) is 186 Å². The molecule has 0 saturated carbocycles. The van der Waals surface area contributed by atoms with Crippen molar-refractivity contribution in [2.75, 3.05) is 42.7 Å². The van der Waals surface area contributed by atoms with E-state index in [2.05, 4.69) is 117 Å². The monoisotopic (exact) mass is 1770 g/mol. The van der Waals surface area contributed by atoms with E-state index in [-0.39, 0.29) is 150 Å². The van der Waals surface area contributed by atoms with Gasteiger partial charge >= 0.3 is 93.2 Å². The quantitative estimate of drug-likeness (QED) is 0.0209. The second-order valence-corrected chi connectivity index (χ2v) is 26.2. The fourth-order valence-electron chi connectivity index (χ4n) is 11.9. The molecule has 31 heteroatoms. The van der Waals surface area contributed by atoms with Gasteiger partial charge in [-0.15, -0.1) is 0 Å². The summed E-state index contributed by atoms with van der Waals surface area (Å²) >= 11 is 3.45. The van der Waals surface area contributed by atoms with E-state index in [0.717, 1.165) is 154 Å². The second-order valence-electron chi connectivity index (χ2n) is 23.5. The third kappa shape index (κ3) is 30.6. The number of carboxylic acids is 1. The molecule has 0 amide bonds. The molecule has 0 atom stereocenters. The molecule has 0 bridgehead atoms. The number of halogens is 2. The number of hydrogen-bond donors (Lipinski definition) is 5. The van der Waals surface area contributed by atoms with Crippen LogP contribution in [0, 0.1) is 66.1 Å². The van der Waals surface area contributed by atoms with Crippen LogP contribution >= 0.6 is 26.6 Å². The summed E-state index contributed by atoms with van der Waals surface area (Å²) in [5.41, 5.74) is 14.1. The average Bonchev–Trinajstić information content (AvgIpc) is 1.63. The van der Waals surface area contributed by atoms with Crippen molar-refractivity contribution in [3.8, 4) is 70.3 Å². The van der Waals surface area contributed by atoms with Crippen LogP contribution in [0.2, 0.25) is 0 Å². The van der Waals surface area contributed by atoms with Gasteiger partial charge in [0, 0.05) is 133 Å². The molecule has 0 saturated heterocycles. The normalized spacial score (nSPS) is 9.38. The summed E-state index contributed by atoms with van der Waals surface area (Å²) in [6, 6.07) is 65.6. The van der Waals surface area contributed by atoms with Gasteiger partial charge in [0.25, 0.3) is 6.08 Å². The SMILES string of the molecule is C.C.C.C.C.C.CCn1c(C)c(C#N)c2ccc(OC)cc21.CCn1c(CBr)c(C#N)c2ccc(OC)cc21.CCn1c(COc2ccccc2)c(C#N)c2ccc(OC)cc21.COc1ccc2c(C#N)c(C)[nH]c2c1.COc1ccc2cc(C(=O)O)[nH]c2c1.COc1ccc2cc(C)[nH]c2c1.O=C=NS(=O)(=O)Cl.Oc1ccccc1.[AlH3].[H-].[H-].[H-].[Li+].[Na+].[Na+]. The Kier molecular flexibility index (Phi) is 55.6. The second kappa shape index (κ2) is 57.3. The van der Waals surface area contributed by atoms with Crippen molar-refractivity contribution in [1.29, 1.82) is 21.0 Å². The van der Waals surface area contributed by atoms with Gasteiger partial charge in [0.15, 0.2) is 17.4 Å². The molecule has 120 heavy (non-hydrogen) atoms. The van der Waals surface area contributed by atoms with E-state index < -0.39 is 15.2 Å². The van der Waals surface area contributed by atoms with Crippen molar-refractivity contribution in [1.82, 2.24) is 28.7 Å². The first kappa shape index (κ1) is 116. The zero-order chi connectivity index (χ0) is 80.2. The number of alkyl halides is 1. The number of para-hydroxylation sites is 2. The van der Waals surface area contributed by atoms with E-state index >= 15 is 0 Å². The minimum Gasteiger partial charge on any atom is -1.00 e. The molecule has 0 radical (unpaired) electrons. The van der Waals surface area contributed by atoms with Gasteiger partial charge in [-0.1, -0.05) is 101 Å². The fraction of sp³-hybridized carbons (Fsp3) is 0.258. The number of nitriles is 4. The van der Waals surface area contributed by atoms with E-state index in [0.29, 0.717) is 34.6 Å². The Balaban J connectivity index is -0.000000251. The number of carbonyl (C=O) groups excluding carboxylic acids is 1. The van der Waals surface area contributed by atoms with E-state index in [9.17, 15) is 23.7 Å². The molecule has 0 aliphatic rings. The smallest absolute Gasteiger partial charge is 1.00 e. The third-order valence-corrected chi connectivity index (χ3v) is 18.1. The molecular weight excluding hydrogens is 1660 g/mol. The Morgan fingerprint density at radius 1 is 0.492 bits per heavy atom. The zero-order valence-electron chi connectivity index (χ0n) is 68.5. The molecule has 14 aromatic rings. The van der Waals surface area contributed by atoms with Gasteiger partial charge in [-0.05, 0) is 156 Å². The van der Waals surface area contributed by atoms with E-state index in [1.165, 1.54) is 11.1 Å². The first-order valence-corrected chi connectivity index (χ1v) is 37.2. The summed E-state index contributed by atoms with van der Waals surface area (Å²) in [4.78, 5) is 28.9. The Morgan fingerprint density at radius 2 is 0.858 bits per heavy atom. The number of aryl methyl sites for hydroxylation is 5. The summed E-state index contributed by atoms with van der Waals surface area (Å²) in [6.07, 6.45) is 0.763. The van der Waals surface area contributed by atoms with Crippen LogP contribution in [0.4, 0.5) is 0 Å². The summed E-state index contributed by atoms with van der Waals surface area (Å²) < 4.78 is 64.6. The summed E-state index contributed by atoms with van der Waals surface area (Å²) in [5, 5.41) is 61.0. The average molecular weight is 1770 g/mol. The molecule has 14 rings (SSSR count). The van der Waals surface area contributed by atoms with Crippen molar-refractivity contribution in [2.45, 2.75) is 118 Å². The minimum absolute atomic E-state index is 0. The number of ether oxygens (including phenoxy) is 7. The van der Waals surface area contributed by atoms with Crippen LogP contribution in [0.25, 0.3) is 65.4 Å². The number of aromatic carboxylic acids is 1. The minimum atomic E-state index is -4.00. The number of H-pyrrole nitrogens is 3. The third-order valence-electron chi connectivity index (χ3n) is 17.1. The molecule has 24 nitrogen and oxygen atoms in total. The van der Waals surface area contributed by atoms with Crippen LogP contribution in [0.1, 0.15) is 131 Å². The van der Waals surface area contributed by atoms with Gasteiger partial charge in [0.2, 0.25) is 0 Å².